The van der Waals surface area contributed by atoms with Crippen LogP contribution in [0.15, 0.2) is 35.4 Å². The van der Waals surface area contributed by atoms with Gasteiger partial charge >= 0.3 is 0 Å². The van der Waals surface area contributed by atoms with E-state index in [1.165, 1.54) is 43.7 Å². The first-order chi connectivity index (χ1) is 10.9. The molecule has 0 aromatic heterocycles. The van der Waals surface area contributed by atoms with Gasteiger partial charge in [-0.2, -0.15) is 5.10 Å². The lowest BCUT2D eigenvalue weighted by atomic mass is 10.2. The average Bonchev–Trinajstić information content (AvgIpc) is 2.52. The molecule has 2 aromatic rings. The van der Waals surface area contributed by atoms with E-state index in [9.17, 15) is 15.0 Å². The molecule has 0 saturated carbocycles. The number of aromatic hydroxyl groups is 2. The fraction of sp³-hybridized carbons (Fsp3) is 0.0667. The highest BCUT2D eigenvalue weighted by Crippen LogP contribution is 2.34. The van der Waals surface area contributed by atoms with E-state index in [1.807, 2.05) is 0 Å². The predicted molar refractivity (Wildman–Crippen MR) is 87.8 cm³/mol. The van der Waals surface area contributed by atoms with E-state index >= 15 is 0 Å². The minimum atomic E-state index is -0.627. The second kappa shape index (κ2) is 7.21. The van der Waals surface area contributed by atoms with Gasteiger partial charge in [0.1, 0.15) is 5.75 Å². The van der Waals surface area contributed by atoms with Crippen LogP contribution < -0.4 is 10.2 Å². The zero-order valence-electron chi connectivity index (χ0n) is 11.9. The highest BCUT2D eigenvalue weighted by atomic mass is 35.5. The molecular formula is C15H12Cl2N2O4. The second-order valence-corrected chi connectivity index (χ2v) is 5.26. The van der Waals surface area contributed by atoms with Crippen molar-refractivity contribution in [1.29, 1.82) is 0 Å². The molecule has 0 aliphatic heterocycles. The molecule has 0 radical (unpaired) electrons. The standard InChI is InChI=1S/C15H12Cl2N2O4/c1-23-13-5-8(4-11(17)14(13)21)7-18-19-15(22)10-6-9(16)2-3-12(10)20/h2-7,20-21H,1H3,(H,19,22)/b18-7+. The minimum Gasteiger partial charge on any atom is -0.507 e. The van der Waals surface area contributed by atoms with Crippen LogP contribution in [0.3, 0.4) is 0 Å². The molecule has 0 saturated heterocycles. The van der Waals surface area contributed by atoms with Crippen LogP contribution in [-0.2, 0) is 0 Å². The zero-order valence-corrected chi connectivity index (χ0v) is 13.4. The Kier molecular flexibility index (Phi) is 5.31. The van der Waals surface area contributed by atoms with Crippen molar-refractivity contribution in [3.63, 3.8) is 0 Å². The number of nitrogens with zero attached hydrogens (tertiary/aromatic N) is 1. The maximum Gasteiger partial charge on any atom is 0.275 e. The van der Waals surface area contributed by atoms with Gasteiger partial charge < -0.3 is 14.9 Å². The lowest BCUT2D eigenvalue weighted by molar-refractivity contribution is 0.0952. The number of amides is 1. The molecule has 2 aromatic carbocycles. The van der Waals surface area contributed by atoms with Crippen molar-refractivity contribution in [1.82, 2.24) is 5.43 Å². The van der Waals surface area contributed by atoms with Crippen molar-refractivity contribution in [3.05, 3.63) is 51.5 Å². The van der Waals surface area contributed by atoms with Gasteiger partial charge in [-0.3, -0.25) is 4.79 Å². The maximum atomic E-state index is 11.9. The van der Waals surface area contributed by atoms with Gasteiger partial charge in [-0.1, -0.05) is 23.2 Å². The third-order valence-corrected chi connectivity index (χ3v) is 3.38. The molecule has 0 bridgehead atoms. The van der Waals surface area contributed by atoms with Crippen LogP contribution in [0, 0.1) is 0 Å². The lowest BCUT2D eigenvalue weighted by Crippen LogP contribution is -2.17. The third kappa shape index (κ3) is 4.06. The van der Waals surface area contributed by atoms with E-state index < -0.39 is 5.91 Å². The van der Waals surface area contributed by atoms with Crippen LogP contribution >= 0.6 is 23.2 Å². The summed E-state index contributed by atoms with van der Waals surface area (Å²) in [5.41, 5.74) is 2.75. The molecule has 8 heteroatoms. The van der Waals surface area contributed by atoms with Crippen molar-refractivity contribution in [2.24, 2.45) is 5.10 Å². The molecule has 23 heavy (non-hydrogen) atoms. The molecule has 0 unspecified atom stereocenters. The Bertz CT molecular complexity index is 778. The first-order valence-electron chi connectivity index (χ1n) is 6.30. The van der Waals surface area contributed by atoms with E-state index in [4.69, 9.17) is 27.9 Å². The van der Waals surface area contributed by atoms with Gasteiger partial charge in [0.25, 0.3) is 5.91 Å². The Labute approximate surface area is 141 Å². The molecule has 0 spiro atoms. The van der Waals surface area contributed by atoms with Crippen LogP contribution in [0.2, 0.25) is 10.0 Å². The van der Waals surface area contributed by atoms with E-state index in [0.717, 1.165) is 0 Å². The number of hydrogen-bond donors (Lipinski definition) is 3. The Morgan fingerprint density at radius 3 is 2.70 bits per heavy atom. The number of benzene rings is 2. The second-order valence-electron chi connectivity index (χ2n) is 4.41. The van der Waals surface area contributed by atoms with Crippen LogP contribution in [0.4, 0.5) is 0 Å². The van der Waals surface area contributed by atoms with Crippen LogP contribution in [-0.4, -0.2) is 29.4 Å². The summed E-state index contributed by atoms with van der Waals surface area (Å²) in [6, 6.07) is 7.04. The quantitative estimate of drug-likeness (QED) is 0.580. The molecule has 0 aliphatic carbocycles. The van der Waals surface area contributed by atoms with Gasteiger partial charge in [-0.15, -0.1) is 0 Å². The van der Waals surface area contributed by atoms with Crippen molar-refractivity contribution in [2.75, 3.05) is 7.11 Å². The van der Waals surface area contributed by atoms with Crippen molar-refractivity contribution in [2.45, 2.75) is 0 Å². The Morgan fingerprint density at radius 2 is 2.00 bits per heavy atom. The van der Waals surface area contributed by atoms with E-state index in [0.29, 0.717) is 10.6 Å². The number of methoxy groups -OCH3 is 1. The Balaban J connectivity index is 2.14. The van der Waals surface area contributed by atoms with Gasteiger partial charge in [-0.25, -0.2) is 5.43 Å². The highest BCUT2D eigenvalue weighted by Gasteiger charge is 2.11. The van der Waals surface area contributed by atoms with Gasteiger partial charge in [0.05, 0.1) is 23.9 Å². The van der Waals surface area contributed by atoms with E-state index in [-0.39, 0.29) is 27.8 Å². The van der Waals surface area contributed by atoms with Crippen LogP contribution in [0.25, 0.3) is 0 Å². The molecule has 3 N–H and O–H groups in total. The van der Waals surface area contributed by atoms with Crippen molar-refractivity contribution < 1.29 is 19.7 Å². The first-order valence-corrected chi connectivity index (χ1v) is 7.06. The molecule has 0 aliphatic rings. The number of halogens is 2. The minimum absolute atomic E-state index is 0.00373. The number of phenols is 2. The smallest absolute Gasteiger partial charge is 0.275 e. The summed E-state index contributed by atoms with van der Waals surface area (Å²) in [4.78, 5) is 11.9. The first kappa shape index (κ1) is 16.9. The number of rotatable bonds is 4. The fourth-order valence-electron chi connectivity index (χ4n) is 1.74. The Morgan fingerprint density at radius 1 is 1.26 bits per heavy atom. The molecular weight excluding hydrogens is 343 g/mol. The van der Waals surface area contributed by atoms with Gasteiger partial charge in [0.2, 0.25) is 0 Å². The number of phenolic OH excluding ortho intramolecular Hbond substituents is 2. The van der Waals surface area contributed by atoms with Crippen LogP contribution in [0.1, 0.15) is 15.9 Å². The predicted octanol–water partition coefficient (Wildman–Crippen LogP) is 3.18. The summed E-state index contributed by atoms with van der Waals surface area (Å²) >= 11 is 11.6. The largest absolute Gasteiger partial charge is 0.507 e. The Hall–Kier alpha value is -2.44. The summed E-state index contributed by atoms with van der Waals surface area (Å²) in [6.45, 7) is 0. The molecule has 1 amide bonds. The molecule has 120 valence electrons. The average molecular weight is 355 g/mol. The number of hydrogen-bond acceptors (Lipinski definition) is 5. The summed E-state index contributed by atoms with van der Waals surface area (Å²) in [6.07, 6.45) is 1.31. The van der Waals surface area contributed by atoms with Gasteiger partial charge in [0, 0.05) is 5.02 Å². The highest BCUT2D eigenvalue weighted by molar-refractivity contribution is 6.32. The van der Waals surface area contributed by atoms with Crippen LogP contribution in [0.5, 0.6) is 17.2 Å². The number of nitrogens with one attached hydrogen (secondary N) is 1. The molecule has 6 nitrogen and oxygen atoms in total. The fourth-order valence-corrected chi connectivity index (χ4v) is 2.13. The lowest BCUT2D eigenvalue weighted by Gasteiger charge is -2.06. The molecule has 0 atom stereocenters. The van der Waals surface area contributed by atoms with E-state index in [2.05, 4.69) is 10.5 Å². The number of ether oxygens (including phenoxy) is 1. The van der Waals surface area contributed by atoms with Crippen molar-refractivity contribution in [3.8, 4) is 17.2 Å². The van der Waals surface area contributed by atoms with Crippen molar-refractivity contribution >= 4 is 35.3 Å². The number of hydrazone groups is 1. The summed E-state index contributed by atoms with van der Waals surface area (Å²) in [5.74, 6) is -0.841. The number of carbonyl (C=O) groups is 1. The normalized spacial score (nSPS) is 10.7. The molecule has 0 heterocycles. The number of carbonyl (C=O) groups excluding carboxylic acids is 1. The SMILES string of the molecule is COc1cc(/C=N/NC(=O)c2cc(Cl)ccc2O)cc(Cl)c1O. The van der Waals surface area contributed by atoms with Gasteiger partial charge in [-0.05, 0) is 35.9 Å². The third-order valence-electron chi connectivity index (χ3n) is 2.85. The monoisotopic (exact) mass is 354 g/mol. The zero-order chi connectivity index (χ0) is 17.0. The summed E-state index contributed by atoms with van der Waals surface area (Å²) in [5, 5.41) is 23.4. The van der Waals surface area contributed by atoms with Gasteiger partial charge in [0.15, 0.2) is 11.5 Å². The summed E-state index contributed by atoms with van der Waals surface area (Å²) < 4.78 is 4.96. The maximum absolute atomic E-state index is 11.9. The molecule has 2 rings (SSSR count). The summed E-state index contributed by atoms with van der Waals surface area (Å²) in [7, 11) is 1.38. The topological polar surface area (TPSA) is 91.2 Å². The molecule has 0 fully saturated rings. The van der Waals surface area contributed by atoms with E-state index in [1.54, 1.807) is 0 Å².